The fourth-order valence-electron chi connectivity index (χ4n) is 4.23. The van der Waals surface area contributed by atoms with Crippen LogP contribution in [0, 0.1) is 5.92 Å². The highest BCUT2D eigenvalue weighted by Gasteiger charge is 2.10. The second kappa shape index (κ2) is 26.5. The third-order valence-electron chi connectivity index (χ3n) is 7.43. The maximum atomic E-state index is 11.9. The van der Waals surface area contributed by atoms with Gasteiger partial charge in [0.15, 0.2) is 0 Å². The standard InChI is InChI=1S/C28H58N2O.C2H6O4S/c1-6-27(3)23-20-18-16-14-12-10-8-9-11-13-15-17-19-21-24-28(31)29-25-22-26-30(4,5)7-2;1-2-6-7(3,4)5/h27H,6-26H2,1-5H3;2H2,1H3,(H,3,4,5). The van der Waals surface area contributed by atoms with Crippen LogP contribution in [0.25, 0.3) is 0 Å². The van der Waals surface area contributed by atoms with Crippen LogP contribution in [0.4, 0.5) is 0 Å². The zero-order chi connectivity index (χ0) is 29.1. The molecule has 1 atom stereocenters. The van der Waals surface area contributed by atoms with Crippen molar-refractivity contribution in [3.8, 4) is 0 Å². The van der Waals surface area contributed by atoms with E-state index in [-0.39, 0.29) is 12.5 Å². The Hall–Kier alpha value is -0.700. The quantitative estimate of drug-likeness (QED) is 0.0541. The third-order valence-corrected chi connectivity index (χ3v) is 7.95. The molecule has 0 aromatic rings. The van der Waals surface area contributed by atoms with Crippen LogP contribution in [0.2, 0.25) is 0 Å². The van der Waals surface area contributed by atoms with Gasteiger partial charge in [0.1, 0.15) is 0 Å². The van der Waals surface area contributed by atoms with Crippen molar-refractivity contribution in [1.29, 1.82) is 0 Å². The first-order valence-electron chi connectivity index (χ1n) is 15.7. The molecule has 0 aliphatic carbocycles. The molecular formula is C30H64N2O5S. The summed E-state index contributed by atoms with van der Waals surface area (Å²) in [5.41, 5.74) is 0. The lowest BCUT2D eigenvalue weighted by Gasteiger charge is -2.28. The van der Waals surface area contributed by atoms with Crippen LogP contribution in [0.15, 0.2) is 0 Å². The summed E-state index contributed by atoms with van der Waals surface area (Å²) in [6.45, 7) is 11.4. The van der Waals surface area contributed by atoms with Gasteiger partial charge in [0.25, 0.3) is 0 Å². The molecule has 0 saturated carbocycles. The van der Waals surface area contributed by atoms with Crippen LogP contribution in [0.5, 0.6) is 0 Å². The highest BCUT2D eigenvalue weighted by molar-refractivity contribution is 7.80. The Bertz CT molecular complexity index is 626. The fraction of sp³-hybridized carbons (Fsp3) is 0.967. The first kappa shape index (κ1) is 39.4. The molecular weight excluding hydrogens is 500 g/mol. The molecule has 0 radical (unpaired) electrons. The van der Waals surface area contributed by atoms with Gasteiger partial charge >= 0.3 is 0 Å². The number of carbonyl (C=O) groups is 1. The van der Waals surface area contributed by atoms with Gasteiger partial charge in [0.2, 0.25) is 16.3 Å². The zero-order valence-corrected chi connectivity index (χ0v) is 26.8. The summed E-state index contributed by atoms with van der Waals surface area (Å²) in [7, 11) is 0.0746. The molecule has 230 valence electrons. The lowest BCUT2D eigenvalue weighted by molar-refractivity contribution is -0.888. The van der Waals surface area contributed by atoms with Crippen molar-refractivity contribution in [2.75, 3.05) is 40.3 Å². The topological polar surface area (TPSA) is 95.5 Å². The van der Waals surface area contributed by atoms with Crippen LogP contribution >= 0.6 is 0 Å². The predicted molar refractivity (Wildman–Crippen MR) is 160 cm³/mol. The van der Waals surface area contributed by atoms with Crippen LogP contribution in [-0.4, -0.2) is 63.7 Å². The van der Waals surface area contributed by atoms with Gasteiger partial charge in [-0.25, -0.2) is 8.42 Å². The Kier molecular flexibility index (Phi) is 27.5. The van der Waals surface area contributed by atoms with Gasteiger partial charge < -0.3 is 14.4 Å². The maximum Gasteiger partial charge on any atom is 0.219 e. The smallest absolute Gasteiger partial charge is 0.219 e. The number of carbonyl (C=O) groups excluding carboxylic acids is 1. The number of hydrogen-bond acceptors (Lipinski definition) is 5. The van der Waals surface area contributed by atoms with E-state index in [1.807, 2.05) is 0 Å². The largest absolute Gasteiger partial charge is 0.726 e. The molecule has 8 heteroatoms. The molecule has 0 bridgehead atoms. The van der Waals surface area contributed by atoms with E-state index in [2.05, 4.69) is 44.4 Å². The van der Waals surface area contributed by atoms with Crippen molar-refractivity contribution in [1.82, 2.24) is 5.32 Å². The molecule has 0 heterocycles. The number of amides is 1. The van der Waals surface area contributed by atoms with E-state index in [1.54, 1.807) is 0 Å². The van der Waals surface area contributed by atoms with Crippen LogP contribution in [-0.2, 0) is 19.4 Å². The van der Waals surface area contributed by atoms with Crippen molar-refractivity contribution in [2.24, 2.45) is 5.92 Å². The lowest BCUT2D eigenvalue weighted by Crippen LogP contribution is -2.41. The average Bonchev–Trinajstić information content (AvgIpc) is 2.85. The van der Waals surface area contributed by atoms with Crippen molar-refractivity contribution >= 4 is 16.3 Å². The molecule has 0 aromatic heterocycles. The van der Waals surface area contributed by atoms with Gasteiger partial charge in [-0.05, 0) is 26.2 Å². The maximum absolute atomic E-state index is 11.9. The summed E-state index contributed by atoms with van der Waals surface area (Å²) in [5.74, 6) is 1.18. The Morgan fingerprint density at radius 1 is 0.789 bits per heavy atom. The van der Waals surface area contributed by atoms with Crippen LogP contribution < -0.4 is 5.32 Å². The van der Waals surface area contributed by atoms with Gasteiger partial charge in [0, 0.05) is 19.4 Å². The van der Waals surface area contributed by atoms with Crippen molar-refractivity contribution in [3.63, 3.8) is 0 Å². The van der Waals surface area contributed by atoms with Crippen molar-refractivity contribution in [2.45, 2.75) is 143 Å². The predicted octanol–water partition coefficient (Wildman–Crippen LogP) is 7.36. The molecule has 0 aliphatic heterocycles. The molecule has 0 aliphatic rings. The second-order valence-electron chi connectivity index (χ2n) is 11.5. The summed E-state index contributed by atoms with van der Waals surface area (Å²) >= 11 is 0. The molecule has 1 N–H and O–H groups in total. The molecule has 0 aromatic carbocycles. The lowest BCUT2D eigenvalue weighted by atomic mass is 9.99. The summed E-state index contributed by atoms with van der Waals surface area (Å²) in [6, 6.07) is 0. The van der Waals surface area contributed by atoms with E-state index in [0.29, 0.717) is 6.42 Å². The van der Waals surface area contributed by atoms with Crippen LogP contribution in [0.1, 0.15) is 143 Å². The number of nitrogens with zero attached hydrogens (tertiary/aromatic N) is 1. The van der Waals surface area contributed by atoms with E-state index in [9.17, 15) is 17.8 Å². The fourth-order valence-corrected chi connectivity index (χ4v) is 4.52. The molecule has 1 amide bonds. The number of rotatable bonds is 25. The summed E-state index contributed by atoms with van der Waals surface area (Å²) < 4.78 is 33.0. The molecule has 1 unspecified atom stereocenters. The van der Waals surface area contributed by atoms with E-state index in [4.69, 9.17) is 0 Å². The number of nitrogens with one attached hydrogen (secondary N) is 1. The van der Waals surface area contributed by atoms with Gasteiger partial charge in [-0.2, -0.15) is 0 Å². The SMILES string of the molecule is CCC(C)CCCCCCCCCCCCCCCCC(=O)NCCC[N+](C)(C)CC.CCOS(=O)(=O)[O-]. The second-order valence-corrected chi connectivity index (χ2v) is 12.5. The summed E-state index contributed by atoms with van der Waals surface area (Å²) in [4.78, 5) is 11.9. The van der Waals surface area contributed by atoms with Crippen LogP contribution in [0.3, 0.4) is 0 Å². The first-order chi connectivity index (χ1) is 18.0. The van der Waals surface area contributed by atoms with Crippen molar-refractivity contribution in [3.05, 3.63) is 0 Å². The minimum atomic E-state index is -4.42. The molecule has 0 fully saturated rings. The van der Waals surface area contributed by atoms with Gasteiger partial charge in [-0.15, -0.1) is 0 Å². The molecule has 38 heavy (non-hydrogen) atoms. The number of quaternary nitrogens is 1. The monoisotopic (exact) mass is 564 g/mol. The highest BCUT2D eigenvalue weighted by atomic mass is 32.3. The van der Waals surface area contributed by atoms with E-state index in [0.717, 1.165) is 42.9 Å². The van der Waals surface area contributed by atoms with Gasteiger partial charge in [-0.1, -0.05) is 110 Å². The zero-order valence-electron chi connectivity index (χ0n) is 26.0. The Balaban J connectivity index is 0. The minimum Gasteiger partial charge on any atom is -0.726 e. The Morgan fingerprint density at radius 2 is 1.24 bits per heavy atom. The average molecular weight is 565 g/mol. The third kappa shape index (κ3) is 33.3. The Labute approximate surface area is 237 Å². The summed E-state index contributed by atoms with van der Waals surface area (Å²) in [6.07, 6.45) is 23.8. The highest BCUT2D eigenvalue weighted by Crippen LogP contribution is 2.16. The summed E-state index contributed by atoms with van der Waals surface area (Å²) in [5, 5.41) is 3.09. The molecule has 0 spiro atoms. The molecule has 7 nitrogen and oxygen atoms in total. The Morgan fingerprint density at radius 3 is 1.61 bits per heavy atom. The van der Waals surface area contributed by atoms with Gasteiger partial charge in [-0.3, -0.25) is 8.98 Å². The van der Waals surface area contributed by atoms with E-state index >= 15 is 0 Å². The van der Waals surface area contributed by atoms with Crippen molar-refractivity contribution < 1.29 is 26.4 Å². The van der Waals surface area contributed by atoms with E-state index < -0.39 is 10.4 Å². The number of hydrogen-bond donors (Lipinski definition) is 1. The minimum absolute atomic E-state index is 0.0914. The first-order valence-corrected chi connectivity index (χ1v) is 17.0. The molecule has 0 rings (SSSR count). The van der Waals surface area contributed by atoms with E-state index in [1.165, 1.54) is 103 Å². The number of unbranched alkanes of at least 4 members (excludes halogenated alkanes) is 13. The molecule has 0 saturated heterocycles. The van der Waals surface area contributed by atoms with Gasteiger partial charge in [0.05, 0.1) is 33.8 Å². The normalized spacial score (nSPS) is 12.6.